The molecule has 0 radical (unpaired) electrons. The molecule has 1 saturated heterocycles. The highest BCUT2D eigenvalue weighted by Crippen LogP contribution is 2.58. The van der Waals surface area contributed by atoms with E-state index in [1.54, 1.807) is 12.1 Å². The first-order valence-corrected chi connectivity index (χ1v) is 7.45. The van der Waals surface area contributed by atoms with Crippen molar-refractivity contribution in [3.63, 3.8) is 0 Å². The molecule has 1 aromatic carbocycles. The second kappa shape index (κ2) is 5.64. The standard InChI is InChI=1S/C16H21FN2O2/c1-21-12-3-2-11(14(17)8-12)10-19-15(20)13-9-16(13)4-6-18-7-5-16/h2-3,8,13,18H,4-7,9-10H2,1H3,(H,19,20). The van der Waals surface area contributed by atoms with Crippen LogP contribution in [0.15, 0.2) is 18.2 Å². The topological polar surface area (TPSA) is 50.4 Å². The van der Waals surface area contributed by atoms with E-state index in [0.717, 1.165) is 32.4 Å². The van der Waals surface area contributed by atoms with Gasteiger partial charge in [-0.15, -0.1) is 0 Å². The maximum Gasteiger partial charge on any atom is 0.223 e. The predicted molar refractivity (Wildman–Crippen MR) is 77.4 cm³/mol. The number of piperidine rings is 1. The zero-order valence-corrected chi connectivity index (χ0v) is 12.2. The van der Waals surface area contributed by atoms with E-state index in [4.69, 9.17) is 4.74 Å². The second-order valence-electron chi connectivity index (χ2n) is 6.04. The first kappa shape index (κ1) is 14.3. The number of hydrogen-bond acceptors (Lipinski definition) is 3. The van der Waals surface area contributed by atoms with Gasteiger partial charge in [-0.25, -0.2) is 4.39 Å². The van der Waals surface area contributed by atoms with Crippen molar-refractivity contribution in [1.29, 1.82) is 0 Å². The third kappa shape index (κ3) is 2.88. The highest BCUT2D eigenvalue weighted by molar-refractivity contribution is 5.82. The molecule has 2 N–H and O–H groups in total. The summed E-state index contributed by atoms with van der Waals surface area (Å²) in [6.45, 7) is 2.23. The third-order valence-electron chi connectivity index (χ3n) is 4.82. The lowest BCUT2D eigenvalue weighted by molar-refractivity contribution is -0.123. The zero-order chi connectivity index (χ0) is 14.9. The lowest BCUT2D eigenvalue weighted by Gasteiger charge is -2.23. The maximum atomic E-state index is 13.8. The molecule has 1 saturated carbocycles. The summed E-state index contributed by atoms with van der Waals surface area (Å²) >= 11 is 0. The first-order valence-electron chi connectivity index (χ1n) is 7.45. The van der Waals surface area contributed by atoms with Crippen molar-refractivity contribution in [1.82, 2.24) is 10.6 Å². The lowest BCUT2D eigenvalue weighted by Crippen LogP contribution is -2.33. The fraction of sp³-hybridized carbons (Fsp3) is 0.562. The van der Waals surface area contributed by atoms with E-state index in [0.29, 0.717) is 11.3 Å². The Kier molecular flexibility index (Phi) is 3.85. The van der Waals surface area contributed by atoms with Crippen LogP contribution in [0, 0.1) is 17.2 Å². The molecule has 1 spiro atoms. The number of hydrogen-bond donors (Lipinski definition) is 2. The molecule has 1 amide bonds. The van der Waals surface area contributed by atoms with Crippen molar-refractivity contribution in [3.05, 3.63) is 29.6 Å². The van der Waals surface area contributed by atoms with Crippen LogP contribution in [0.3, 0.4) is 0 Å². The lowest BCUT2D eigenvalue weighted by atomic mass is 9.92. The first-order chi connectivity index (χ1) is 10.1. The van der Waals surface area contributed by atoms with Gasteiger partial charge in [-0.2, -0.15) is 0 Å². The molecule has 3 rings (SSSR count). The molecular formula is C16H21FN2O2. The molecule has 1 aliphatic heterocycles. The quantitative estimate of drug-likeness (QED) is 0.890. The van der Waals surface area contributed by atoms with Gasteiger partial charge < -0.3 is 15.4 Å². The summed E-state index contributed by atoms with van der Waals surface area (Å²) in [5.41, 5.74) is 0.706. The second-order valence-corrected chi connectivity index (χ2v) is 6.04. The van der Waals surface area contributed by atoms with Crippen LogP contribution in [0.5, 0.6) is 5.75 Å². The third-order valence-corrected chi connectivity index (χ3v) is 4.82. The molecule has 0 aromatic heterocycles. The number of carbonyl (C=O) groups excluding carboxylic acids is 1. The Hall–Kier alpha value is -1.62. The van der Waals surface area contributed by atoms with E-state index in [1.807, 2.05) is 0 Å². The van der Waals surface area contributed by atoms with Crippen LogP contribution in [0.2, 0.25) is 0 Å². The number of halogens is 1. The van der Waals surface area contributed by atoms with Crippen LogP contribution in [0.4, 0.5) is 4.39 Å². The minimum absolute atomic E-state index is 0.0621. The largest absolute Gasteiger partial charge is 0.497 e. The Labute approximate surface area is 124 Å². The molecule has 1 aromatic rings. The number of ether oxygens (including phenoxy) is 1. The number of benzene rings is 1. The fourth-order valence-electron chi connectivity index (χ4n) is 3.30. The van der Waals surface area contributed by atoms with Gasteiger partial charge in [0, 0.05) is 24.1 Å². The Bertz CT molecular complexity index is 541. The van der Waals surface area contributed by atoms with Crippen molar-refractivity contribution in [3.8, 4) is 5.75 Å². The van der Waals surface area contributed by atoms with Crippen LogP contribution >= 0.6 is 0 Å². The van der Waals surface area contributed by atoms with Crippen LogP contribution in [0.1, 0.15) is 24.8 Å². The minimum atomic E-state index is -0.345. The number of amides is 1. The summed E-state index contributed by atoms with van der Waals surface area (Å²) in [6, 6.07) is 4.70. The molecule has 0 bridgehead atoms. The predicted octanol–water partition coefficient (Wildman–Crippen LogP) is 1.84. The molecule has 114 valence electrons. The van der Waals surface area contributed by atoms with Gasteiger partial charge in [0.2, 0.25) is 5.91 Å². The molecule has 21 heavy (non-hydrogen) atoms. The number of rotatable bonds is 4. The average molecular weight is 292 g/mol. The number of methoxy groups -OCH3 is 1. The van der Waals surface area contributed by atoms with Gasteiger partial charge >= 0.3 is 0 Å². The van der Waals surface area contributed by atoms with Crippen LogP contribution in [0.25, 0.3) is 0 Å². The smallest absolute Gasteiger partial charge is 0.223 e. The number of nitrogens with one attached hydrogen (secondary N) is 2. The van der Waals surface area contributed by atoms with Gasteiger partial charge in [0.1, 0.15) is 11.6 Å². The van der Waals surface area contributed by atoms with E-state index in [9.17, 15) is 9.18 Å². The molecule has 1 unspecified atom stereocenters. The van der Waals surface area contributed by atoms with Gasteiger partial charge in [-0.05, 0) is 43.8 Å². The summed E-state index contributed by atoms with van der Waals surface area (Å²) in [7, 11) is 1.50. The van der Waals surface area contributed by atoms with E-state index in [1.165, 1.54) is 13.2 Å². The average Bonchev–Trinajstić information content (AvgIpc) is 3.19. The van der Waals surface area contributed by atoms with Crippen LogP contribution < -0.4 is 15.4 Å². The zero-order valence-electron chi connectivity index (χ0n) is 12.2. The summed E-state index contributed by atoms with van der Waals surface area (Å²) in [6.07, 6.45) is 3.12. The highest BCUT2D eigenvalue weighted by Gasteiger charge is 2.57. The van der Waals surface area contributed by atoms with Gasteiger partial charge in [0.05, 0.1) is 7.11 Å². The van der Waals surface area contributed by atoms with Gasteiger partial charge in [0.25, 0.3) is 0 Å². The van der Waals surface area contributed by atoms with E-state index >= 15 is 0 Å². The molecule has 1 atom stereocenters. The fourth-order valence-corrected chi connectivity index (χ4v) is 3.30. The van der Waals surface area contributed by atoms with E-state index in [2.05, 4.69) is 10.6 Å². The Morgan fingerprint density at radius 2 is 2.24 bits per heavy atom. The molecule has 1 aliphatic carbocycles. The monoisotopic (exact) mass is 292 g/mol. The summed E-state index contributed by atoms with van der Waals surface area (Å²) in [5.74, 6) is 0.313. The molecule has 5 heteroatoms. The van der Waals surface area contributed by atoms with Crippen molar-refractivity contribution < 1.29 is 13.9 Å². The van der Waals surface area contributed by atoms with Crippen LogP contribution in [-0.4, -0.2) is 26.1 Å². The normalized spacial score (nSPS) is 22.9. The molecular weight excluding hydrogens is 271 g/mol. The summed E-state index contributed by atoms with van der Waals surface area (Å²) in [5, 5.41) is 6.19. The Morgan fingerprint density at radius 1 is 1.48 bits per heavy atom. The molecule has 2 fully saturated rings. The van der Waals surface area contributed by atoms with Crippen LogP contribution in [-0.2, 0) is 11.3 Å². The van der Waals surface area contributed by atoms with Crippen molar-refractivity contribution >= 4 is 5.91 Å². The summed E-state index contributed by atoms with van der Waals surface area (Å²) < 4.78 is 18.8. The summed E-state index contributed by atoms with van der Waals surface area (Å²) in [4.78, 5) is 12.2. The minimum Gasteiger partial charge on any atom is -0.497 e. The van der Waals surface area contributed by atoms with E-state index in [-0.39, 0.29) is 29.6 Å². The SMILES string of the molecule is COc1ccc(CNC(=O)C2CC23CCNCC3)c(F)c1. The molecule has 2 aliphatic rings. The Morgan fingerprint density at radius 3 is 2.90 bits per heavy atom. The molecule has 1 heterocycles. The number of carbonyl (C=O) groups is 1. The van der Waals surface area contributed by atoms with Gasteiger partial charge in [0.15, 0.2) is 0 Å². The van der Waals surface area contributed by atoms with Crippen molar-refractivity contribution in [2.45, 2.75) is 25.8 Å². The molecule has 4 nitrogen and oxygen atoms in total. The maximum absolute atomic E-state index is 13.8. The van der Waals surface area contributed by atoms with Gasteiger partial charge in [-0.1, -0.05) is 6.07 Å². The van der Waals surface area contributed by atoms with E-state index < -0.39 is 0 Å². The van der Waals surface area contributed by atoms with Gasteiger partial charge in [-0.3, -0.25) is 4.79 Å². The van der Waals surface area contributed by atoms with Crippen molar-refractivity contribution in [2.75, 3.05) is 20.2 Å². The highest BCUT2D eigenvalue weighted by atomic mass is 19.1. The Balaban J connectivity index is 1.55. The van der Waals surface area contributed by atoms with Crippen molar-refractivity contribution in [2.24, 2.45) is 11.3 Å².